The number of pyridine rings is 1. The van der Waals surface area contributed by atoms with Crippen molar-refractivity contribution >= 4 is 17.2 Å². The maximum absolute atomic E-state index is 11.9. The first-order chi connectivity index (χ1) is 11.6. The van der Waals surface area contributed by atoms with Crippen LogP contribution in [-0.4, -0.2) is 22.6 Å². The van der Waals surface area contributed by atoms with Crippen LogP contribution in [0.3, 0.4) is 0 Å². The van der Waals surface area contributed by atoms with Crippen LogP contribution < -0.4 is 10.1 Å². The zero-order valence-corrected chi connectivity index (χ0v) is 13.7. The monoisotopic (exact) mass is 321 g/mol. The predicted molar refractivity (Wildman–Crippen MR) is 93.3 cm³/mol. The lowest BCUT2D eigenvalue weighted by atomic mass is 10.0. The van der Waals surface area contributed by atoms with Crippen LogP contribution in [0, 0.1) is 12.8 Å². The van der Waals surface area contributed by atoms with Crippen molar-refractivity contribution in [3.63, 3.8) is 0 Å². The summed E-state index contributed by atoms with van der Waals surface area (Å²) in [6.45, 7) is 2.06. The number of anilines is 1. The fraction of sp³-hybridized carbons (Fsp3) is 0.263. The Bertz CT molecular complexity index is 926. The number of hydrogen-bond donors (Lipinski definition) is 1. The molecule has 0 saturated heterocycles. The topological polar surface area (TPSA) is 55.6 Å². The Morgan fingerprint density at radius 1 is 1.25 bits per heavy atom. The molecule has 4 rings (SSSR count). The summed E-state index contributed by atoms with van der Waals surface area (Å²) in [6, 6.07) is 12.1. The highest BCUT2D eigenvalue weighted by atomic mass is 16.5. The second kappa shape index (κ2) is 5.67. The maximum Gasteiger partial charge on any atom is 0.228 e. The number of amides is 1. The Morgan fingerprint density at radius 2 is 2.08 bits per heavy atom. The van der Waals surface area contributed by atoms with Gasteiger partial charge in [0.15, 0.2) is 5.82 Å². The van der Waals surface area contributed by atoms with Crippen molar-refractivity contribution in [1.82, 2.24) is 9.61 Å². The van der Waals surface area contributed by atoms with Crippen LogP contribution in [0.5, 0.6) is 5.75 Å². The van der Waals surface area contributed by atoms with Gasteiger partial charge in [0.2, 0.25) is 5.91 Å². The molecule has 3 aromatic rings. The van der Waals surface area contributed by atoms with E-state index in [0.29, 0.717) is 5.82 Å². The van der Waals surface area contributed by atoms with E-state index in [1.54, 1.807) is 11.6 Å². The first-order valence-electron chi connectivity index (χ1n) is 8.09. The minimum atomic E-state index is 0.0685. The number of nitrogens with zero attached hydrogens (tertiary/aromatic N) is 2. The number of nitrogens with one attached hydrogen (secondary N) is 1. The second-order valence-electron chi connectivity index (χ2n) is 6.28. The number of hydrogen-bond acceptors (Lipinski definition) is 3. The van der Waals surface area contributed by atoms with Crippen LogP contribution in [0.2, 0.25) is 0 Å². The van der Waals surface area contributed by atoms with Crippen molar-refractivity contribution in [2.45, 2.75) is 19.8 Å². The molecule has 1 N–H and O–H groups in total. The van der Waals surface area contributed by atoms with E-state index < -0.39 is 0 Å². The predicted octanol–water partition coefficient (Wildman–Crippen LogP) is 3.67. The standard InChI is InChI=1S/C19H19N3O2/c1-12-3-6-17(24-2)16(9-12)14-7-8-22-15(10-14)11-18(21-22)20-19(23)13-4-5-13/h3,6-11,13H,4-5H2,1-2H3,(H,20,21,23). The van der Waals surface area contributed by atoms with E-state index in [1.165, 1.54) is 5.56 Å². The van der Waals surface area contributed by atoms with Crippen molar-refractivity contribution in [1.29, 1.82) is 0 Å². The Morgan fingerprint density at radius 3 is 2.83 bits per heavy atom. The van der Waals surface area contributed by atoms with E-state index in [-0.39, 0.29) is 11.8 Å². The van der Waals surface area contributed by atoms with Gasteiger partial charge in [0, 0.05) is 23.7 Å². The number of carbonyl (C=O) groups excluding carboxylic acids is 1. The van der Waals surface area contributed by atoms with Crippen molar-refractivity contribution < 1.29 is 9.53 Å². The summed E-state index contributed by atoms with van der Waals surface area (Å²) in [4.78, 5) is 11.9. The zero-order valence-electron chi connectivity index (χ0n) is 13.7. The average molecular weight is 321 g/mol. The minimum Gasteiger partial charge on any atom is -0.496 e. The molecular weight excluding hydrogens is 302 g/mol. The molecule has 2 heterocycles. The Kier molecular flexibility index (Phi) is 3.49. The van der Waals surface area contributed by atoms with Gasteiger partial charge in [-0.15, -0.1) is 0 Å². The molecule has 1 saturated carbocycles. The van der Waals surface area contributed by atoms with Crippen molar-refractivity contribution in [2.75, 3.05) is 12.4 Å². The Balaban J connectivity index is 1.70. The number of carbonyl (C=O) groups is 1. The summed E-state index contributed by atoms with van der Waals surface area (Å²) in [5, 5.41) is 7.30. The van der Waals surface area contributed by atoms with Crippen molar-refractivity contribution in [3.8, 4) is 16.9 Å². The van der Waals surface area contributed by atoms with Gasteiger partial charge in [0.1, 0.15) is 5.75 Å². The van der Waals surface area contributed by atoms with Crippen molar-refractivity contribution in [3.05, 3.63) is 48.2 Å². The fourth-order valence-corrected chi connectivity index (χ4v) is 2.84. The van der Waals surface area contributed by atoms with Gasteiger partial charge in [0.05, 0.1) is 12.6 Å². The molecule has 0 spiro atoms. The third-order valence-corrected chi connectivity index (χ3v) is 4.33. The summed E-state index contributed by atoms with van der Waals surface area (Å²) in [5.41, 5.74) is 4.21. The van der Waals surface area contributed by atoms with Crippen LogP contribution >= 0.6 is 0 Å². The summed E-state index contributed by atoms with van der Waals surface area (Å²) >= 11 is 0. The number of aryl methyl sites for hydroxylation is 1. The van der Waals surface area contributed by atoms with E-state index in [1.807, 2.05) is 30.5 Å². The molecule has 5 heteroatoms. The van der Waals surface area contributed by atoms with Crippen LogP contribution in [-0.2, 0) is 4.79 Å². The van der Waals surface area contributed by atoms with Gasteiger partial charge in [-0.3, -0.25) is 4.79 Å². The van der Waals surface area contributed by atoms with Gasteiger partial charge in [-0.05, 0) is 49.6 Å². The number of fused-ring (bicyclic) bond motifs is 1. The SMILES string of the molecule is COc1ccc(C)cc1-c1ccn2nc(NC(=O)C3CC3)cc2c1. The first-order valence-corrected chi connectivity index (χ1v) is 8.09. The molecule has 1 amide bonds. The summed E-state index contributed by atoms with van der Waals surface area (Å²) in [6.07, 6.45) is 3.87. The molecule has 24 heavy (non-hydrogen) atoms. The van der Waals surface area contributed by atoms with Crippen LogP contribution in [0.4, 0.5) is 5.82 Å². The third kappa shape index (κ3) is 2.73. The van der Waals surface area contributed by atoms with Gasteiger partial charge in [-0.2, -0.15) is 5.10 Å². The largest absolute Gasteiger partial charge is 0.496 e. The molecule has 1 fully saturated rings. The lowest BCUT2D eigenvalue weighted by molar-refractivity contribution is -0.117. The molecule has 1 aliphatic rings. The highest BCUT2D eigenvalue weighted by molar-refractivity contribution is 5.93. The maximum atomic E-state index is 11.9. The average Bonchev–Trinajstić information content (AvgIpc) is 3.35. The normalized spacial score (nSPS) is 13.9. The van der Waals surface area contributed by atoms with Gasteiger partial charge < -0.3 is 10.1 Å². The number of benzene rings is 1. The third-order valence-electron chi connectivity index (χ3n) is 4.33. The van der Waals surface area contributed by atoms with E-state index in [2.05, 4.69) is 29.5 Å². The molecule has 0 aliphatic heterocycles. The summed E-state index contributed by atoms with van der Waals surface area (Å²) in [5.74, 6) is 1.67. The van der Waals surface area contributed by atoms with E-state index in [9.17, 15) is 4.79 Å². The van der Waals surface area contributed by atoms with E-state index in [0.717, 1.165) is 35.2 Å². The Labute approximate surface area is 140 Å². The molecule has 0 radical (unpaired) electrons. The second-order valence-corrected chi connectivity index (χ2v) is 6.28. The molecule has 1 aromatic carbocycles. The number of ether oxygens (including phenoxy) is 1. The number of rotatable bonds is 4. The zero-order chi connectivity index (χ0) is 16.7. The van der Waals surface area contributed by atoms with E-state index >= 15 is 0 Å². The smallest absolute Gasteiger partial charge is 0.228 e. The summed E-state index contributed by atoms with van der Waals surface area (Å²) < 4.78 is 7.25. The molecule has 5 nitrogen and oxygen atoms in total. The minimum absolute atomic E-state index is 0.0685. The molecule has 2 aromatic heterocycles. The van der Waals surface area contributed by atoms with Crippen LogP contribution in [0.15, 0.2) is 42.6 Å². The number of aromatic nitrogens is 2. The molecule has 0 unspecified atom stereocenters. The Hall–Kier alpha value is -2.82. The lowest BCUT2D eigenvalue weighted by Gasteiger charge is -2.10. The highest BCUT2D eigenvalue weighted by Gasteiger charge is 2.30. The van der Waals surface area contributed by atoms with Gasteiger partial charge in [-0.1, -0.05) is 11.6 Å². The van der Waals surface area contributed by atoms with Crippen LogP contribution in [0.1, 0.15) is 18.4 Å². The molecule has 1 aliphatic carbocycles. The quantitative estimate of drug-likeness (QED) is 0.798. The van der Waals surface area contributed by atoms with E-state index in [4.69, 9.17) is 4.74 Å². The van der Waals surface area contributed by atoms with Gasteiger partial charge in [0.25, 0.3) is 0 Å². The molecule has 0 atom stereocenters. The van der Waals surface area contributed by atoms with Crippen molar-refractivity contribution in [2.24, 2.45) is 5.92 Å². The van der Waals surface area contributed by atoms with Gasteiger partial charge in [-0.25, -0.2) is 4.52 Å². The molecule has 122 valence electrons. The van der Waals surface area contributed by atoms with Crippen LogP contribution in [0.25, 0.3) is 16.6 Å². The number of methoxy groups -OCH3 is 1. The fourth-order valence-electron chi connectivity index (χ4n) is 2.84. The lowest BCUT2D eigenvalue weighted by Crippen LogP contribution is -2.13. The summed E-state index contributed by atoms with van der Waals surface area (Å²) in [7, 11) is 1.68. The highest BCUT2D eigenvalue weighted by Crippen LogP contribution is 2.32. The van der Waals surface area contributed by atoms with Gasteiger partial charge >= 0.3 is 0 Å². The first kappa shape index (κ1) is 14.8. The molecule has 0 bridgehead atoms. The molecular formula is C19H19N3O2.